The number of aromatic carboxylic acids is 4. The number of carboxylic acid groups (broad SMARTS) is 4. The number of hydrogen-bond acceptors (Lipinski definition) is 8. The summed E-state index contributed by atoms with van der Waals surface area (Å²) in [6.07, 6.45) is 0. The molecular weight excluding hydrogens is 453 g/mol. The van der Waals surface area contributed by atoms with E-state index in [1.165, 1.54) is 0 Å². The molecular formula is C14H4K4O8. The maximum Gasteiger partial charge on any atom is 1.00 e. The molecule has 0 saturated carbocycles. The second-order valence-electron chi connectivity index (χ2n) is 4.26. The molecule has 0 radical (unpaired) electrons. The van der Waals surface area contributed by atoms with Crippen molar-refractivity contribution in [1.29, 1.82) is 0 Å². The van der Waals surface area contributed by atoms with Crippen molar-refractivity contribution in [2.24, 2.45) is 0 Å². The molecule has 0 saturated heterocycles. The normalized spacial score (nSPS) is 8.77. The summed E-state index contributed by atoms with van der Waals surface area (Å²) in [5.41, 5.74) is -3.06. The maximum atomic E-state index is 11.2. The van der Waals surface area contributed by atoms with E-state index in [1.54, 1.807) is 0 Å². The zero-order valence-electron chi connectivity index (χ0n) is 14.6. The molecule has 2 aromatic rings. The van der Waals surface area contributed by atoms with Gasteiger partial charge in [0.25, 0.3) is 0 Å². The molecule has 8 nitrogen and oxygen atoms in total. The van der Waals surface area contributed by atoms with Crippen molar-refractivity contribution in [3.05, 3.63) is 46.5 Å². The van der Waals surface area contributed by atoms with Crippen LogP contribution in [0, 0.1) is 0 Å². The van der Waals surface area contributed by atoms with Gasteiger partial charge in [-0.05, 0) is 23.1 Å². The topological polar surface area (TPSA) is 161 Å². The number of rotatable bonds is 4. The molecule has 0 aliphatic heterocycles. The molecule has 0 bridgehead atoms. The first-order valence-electron chi connectivity index (χ1n) is 5.70. The van der Waals surface area contributed by atoms with E-state index in [9.17, 15) is 39.6 Å². The number of carbonyl (C=O) groups excluding carboxylic acids is 4. The summed E-state index contributed by atoms with van der Waals surface area (Å²) < 4.78 is 0. The fourth-order valence-corrected chi connectivity index (χ4v) is 2.13. The van der Waals surface area contributed by atoms with Crippen LogP contribution in [-0.4, -0.2) is 23.9 Å². The Morgan fingerprint density at radius 2 is 1.12 bits per heavy atom. The number of benzene rings is 2. The van der Waals surface area contributed by atoms with Crippen LogP contribution in [0.4, 0.5) is 0 Å². The van der Waals surface area contributed by atoms with Crippen LogP contribution in [0.5, 0.6) is 0 Å². The fraction of sp³-hybridized carbons (Fsp3) is 0. The monoisotopic (exact) mass is 456 g/mol. The molecule has 0 aliphatic rings. The third kappa shape index (κ3) is 7.99. The van der Waals surface area contributed by atoms with Crippen molar-refractivity contribution in [3.8, 4) is 0 Å². The van der Waals surface area contributed by atoms with E-state index in [0.29, 0.717) is 6.07 Å². The minimum absolute atomic E-state index is 0. The molecule has 0 unspecified atom stereocenters. The Kier molecular flexibility index (Phi) is 19.5. The van der Waals surface area contributed by atoms with Crippen molar-refractivity contribution >= 4 is 34.6 Å². The van der Waals surface area contributed by atoms with Gasteiger partial charge in [0, 0.05) is 22.1 Å². The SMILES string of the molecule is O=C([O-])c1cc(C(=O)[O-])c2c(C(=O)[O-])c(C(=O)[O-])ccc2c1.[K+].[K+].[K+].[K+]. The first-order valence-corrected chi connectivity index (χ1v) is 5.70. The summed E-state index contributed by atoms with van der Waals surface area (Å²) in [5.74, 6) is -7.38. The summed E-state index contributed by atoms with van der Waals surface area (Å²) in [7, 11) is 0. The van der Waals surface area contributed by atoms with Crippen molar-refractivity contribution in [2.75, 3.05) is 0 Å². The summed E-state index contributed by atoms with van der Waals surface area (Å²) in [4.78, 5) is 44.1. The largest absolute Gasteiger partial charge is 1.00 e. The van der Waals surface area contributed by atoms with Gasteiger partial charge < -0.3 is 39.6 Å². The van der Waals surface area contributed by atoms with Crippen molar-refractivity contribution in [2.45, 2.75) is 0 Å². The van der Waals surface area contributed by atoms with Crippen LogP contribution in [0.1, 0.15) is 41.4 Å². The van der Waals surface area contributed by atoms with Crippen molar-refractivity contribution in [3.63, 3.8) is 0 Å². The summed E-state index contributed by atoms with van der Waals surface area (Å²) in [6.45, 7) is 0. The molecule has 0 atom stereocenters. The number of carbonyl (C=O) groups is 4. The third-order valence-electron chi connectivity index (χ3n) is 3.00. The molecule has 12 heteroatoms. The molecule has 0 fully saturated rings. The first kappa shape index (κ1) is 33.8. The quantitative estimate of drug-likeness (QED) is 0.410. The Hall–Kier alpha value is 3.13. The van der Waals surface area contributed by atoms with Crippen LogP contribution in [0.2, 0.25) is 0 Å². The Morgan fingerprint density at radius 1 is 0.615 bits per heavy atom. The van der Waals surface area contributed by atoms with E-state index in [4.69, 9.17) is 0 Å². The molecule has 26 heavy (non-hydrogen) atoms. The Morgan fingerprint density at radius 3 is 1.50 bits per heavy atom. The number of carboxylic acids is 4. The Balaban J connectivity index is -0.00000132. The Labute approximate surface area is 317 Å². The van der Waals surface area contributed by atoms with Gasteiger partial charge in [-0.2, -0.15) is 0 Å². The van der Waals surface area contributed by atoms with Gasteiger partial charge in [0.05, 0.1) is 23.9 Å². The van der Waals surface area contributed by atoms with Gasteiger partial charge in [0.15, 0.2) is 0 Å². The van der Waals surface area contributed by atoms with Crippen LogP contribution < -0.4 is 226 Å². The molecule has 0 aliphatic carbocycles. The molecule has 112 valence electrons. The van der Waals surface area contributed by atoms with E-state index in [-0.39, 0.29) is 211 Å². The third-order valence-corrected chi connectivity index (χ3v) is 3.00. The van der Waals surface area contributed by atoms with Gasteiger partial charge in [0.2, 0.25) is 0 Å². The Bertz CT molecular complexity index is 866. The molecule has 0 aromatic heterocycles. The molecule has 2 rings (SSSR count). The predicted molar refractivity (Wildman–Crippen MR) is 61.3 cm³/mol. The van der Waals surface area contributed by atoms with Gasteiger partial charge in [-0.1, -0.05) is 12.1 Å². The van der Waals surface area contributed by atoms with Crippen LogP contribution in [-0.2, 0) is 0 Å². The zero-order valence-corrected chi connectivity index (χ0v) is 27.1. The predicted octanol–water partition coefficient (Wildman–Crippen LogP) is -15.7. The van der Waals surface area contributed by atoms with E-state index < -0.39 is 51.5 Å². The van der Waals surface area contributed by atoms with Crippen LogP contribution >= 0.6 is 0 Å². The van der Waals surface area contributed by atoms with E-state index in [0.717, 1.165) is 18.2 Å². The molecule has 0 heterocycles. The van der Waals surface area contributed by atoms with Crippen LogP contribution in [0.3, 0.4) is 0 Å². The smallest absolute Gasteiger partial charge is 0.545 e. The van der Waals surface area contributed by atoms with Crippen molar-refractivity contribution < 1.29 is 245 Å². The number of fused-ring (bicyclic) bond motifs is 1. The van der Waals surface area contributed by atoms with Gasteiger partial charge in [-0.25, -0.2) is 0 Å². The number of hydrogen-bond donors (Lipinski definition) is 0. The van der Waals surface area contributed by atoms with Crippen LogP contribution in [0.25, 0.3) is 10.8 Å². The molecule has 0 N–H and O–H groups in total. The van der Waals surface area contributed by atoms with Gasteiger partial charge in [-0.15, -0.1) is 0 Å². The average Bonchev–Trinajstić information content (AvgIpc) is 2.43. The van der Waals surface area contributed by atoms with Crippen molar-refractivity contribution in [1.82, 2.24) is 0 Å². The average molecular weight is 457 g/mol. The van der Waals surface area contributed by atoms with E-state index in [1.807, 2.05) is 0 Å². The van der Waals surface area contributed by atoms with E-state index in [2.05, 4.69) is 0 Å². The van der Waals surface area contributed by atoms with Crippen LogP contribution in [0.15, 0.2) is 24.3 Å². The maximum absolute atomic E-state index is 11.2. The minimum Gasteiger partial charge on any atom is -0.545 e. The second kappa shape index (κ2) is 15.0. The van der Waals surface area contributed by atoms with E-state index >= 15 is 0 Å². The molecule has 0 amide bonds. The summed E-state index contributed by atoms with van der Waals surface area (Å²) in [5, 5.41) is 43.5. The zero-order chi connectivity index (χ0) is 16.6. The minimum atomic E-state index is -1.95. The fourth-order valence-electron chi connectivity index (χ4n) is 2.13. The summed E-state index contributed by atoms with van der Waals surface area (Å²) >= 11 is 0. The van der Waals surface area contributed by atoms with Gasteiger partial charge >= 0.3 is 206 Å². The first-order chi connectivity index (χ1) is 10.2. The molecule has 0 spiro atoms. The molecule has 2 aromatic carbocycles. The standard InChI is InChI=1S/C14H8O8.4K/c15-11(16)6-3-5-1-2-7(12(17)18)10(14(21)22)9(5)8(4-6)13(19)20;;;;/h1-4H,(H,15,16)(H,17,18)(H,19,20)(H,21,22);;;;/q;4*+1/p-4. The summed E-state index contributed by atoms with van der Waals surface area (Å²) in [6, 6.07) is 3.47. The van der Waals surface area contributed by atoms with Gasteiger partial charge in [0.1, 0.15) is 0 Å². The van der Waals surface area contributed by atoms with Gasteiger partial charge in [-0.3, -0.25) is 0 Å². The second-order valence-corrected chi connectivity index (χ2v) is 4.26.